The molecular weight excluding hydrogens is 350 g/mol. The van der Waals surface area contributed by atoms with Gasteiger partial charge in [-0.05, 0) is 24.3 Å². The van der Waals surface area contributed by atoms with E-state index < -0.39 is 10.0 Å². The van der Waals surface area contributed by atoms with E-state index in [9.17, 15) is 13.2 Å². The van der Waals surface area contributed by atoms with Gasteiger partial charge in [0.1, 0.15) is 0 Å². The number of hydrogen-bond donors (Lipinski definition) is 0. The molecule has 0 bridgehead atoms. The highest BCUT2D eigenvalue weighted by molar-refractivity contribution is 7.88. The van der Waals surface area contributed by atoms with E-state index in [1.165, 1.54) is 6.42 Å². The molecule has 144 valence electrons. The van der Waals surface area contributed by atoms with E-state index in [0.717, 1.165) is 25.1 Å². The second-order valence-corrected chi connectivity index (χ2v) is 9.47. The number of piperidine rings is 1. The van der Waals surface area contributed by atoms with Crippen molar-refractivity contribution in [3.63, 3.8) is 0 Å². The van der Waals surface area contributed by atoms with Crippen LogP contribution in [0, 0.1) is 5.92 Å². The second-order valence-electron chi connectivity index (χ2n) is 7.50. The molecule has 26 heavy (non-hydrogen) atoms. The van der Waals surface area contributed by atoms with Crippen molar-refractivity contribution in [3.05, 3.63) is 35.9 Å². The first-order valence-electron chi connectivity index (χ1n) is 9.46. The van der Waals surface area contributed by atoms with Gasteiger partial charge >= 0.3 is 0 Å². The number of likely N-dealkylation sites (tertiary alicyclic amines) is 1. The molecule has 1 amide bonds. The number of benzene rings is 1. The number of carbonyl (C=O) groups excluding carboxylic acids is 1. The van der Waals surface area contributed by atoms with Gasteiger partial charge < -0.3 is 4.90 Å². The summed E-state index contributed by atoms with van der Waals surface area (Å²) in [7, 11) is -3.30. The third kappa shape index (κ3) is 5.05. The molecule has 0 radical (unpaired) electrons. The van der Waals surface area contributed by atoms with E-state index in [1.54, 1.807) is 4.31 Å². The molecule has 2 heterocycles. The van der Waals surface area contributed by atoms with Crippen LogP contribution in [0.5, 0.6) is 0 Å². The molecule has 2 aliphatic rings. The van der Waals surface area contributed by atoms with E-state index in [-0.39, 0.29) is 11.7 Å². The van der Waals surface area contributed by atoms with Gasteiger partial charge in [-0.3, -0.25) is 9.69 Å². The monoisotopic (exact) mass is 379 g/mol. The van der Waals surface area contributed by atoms with E-state index in [2.05, 4.69) is 11.8 Å². The lowest BCUT2D eigenvalue weighted by molar-refractivity contribution is -0.134. The van der Waals surface area contributed by atoms with Gasteiger partial charge in [0.2, 0.25) is 15.9 Å². The summed E-state index contributed by atoms with van der Waals surface area (Å²) in [4.78, 5) is 16.5. The molecule has 0 saturated carbocycles. The summed E-state index contributed by atoms with van der Waals surface area (Å²) in [5.41, 5.74) is 0.810. The Kier molecular flexibility index (Phi) is 6.32. The Hall–Kier alpha value is -1.44. The molecule has 2 aliphatic heterocycles. The van der Waals surface area contributed by atoms with Crippen LogP contribution in [0.4, 0.5) is 0 Å². The number of piperazine rings is 1. The number of carbonyl (C=O) groups is 1. The molecule has 1 aromatic carbocycles. The van der Waals surface area contributed by atoms with Crippen molar-refractivity contribution < 1.29 is 13.2 Å². The lowest BCUT2D eigenvalue weighted by Crippen LogP contribution is -2.52. The first-order valence-corrected chi connectivity index (χ1v) is 11.1. The van der Waals surface area contributed by atoms with Crippen molar-refractivity contribution in [1.82, 2.24) is 14.1 Å². The molecule has 2 fully saturated rings. The van der Waals surface area contributed by atoms with E-state index in [1.807, 2.05) is 35.2 Å². The topological polar surface area (TPSA) is 60.9 Å². The van der Waals surface area contributed by atoms with Crippen molar-refractivity contribution in [2.75, 3.05) is 45.8 Å². The highest BCUT2D eigenvalue weighted by atomic mass is 32.2. The van der Waals surface area contributed by atoms with Gasteiger partial charge in [-0.2, -0.15) is 4.31 Å². The fourth-order valence-electron chi connectivity index (χ4n) is 3.75. The van der Waals surface area contributed by atoms with Crippen LogP contribution in [0.3, 0.4) is 0 Å². The first-order chi connectivity index (χ1) is 12.4. The summed E-state index contributed by atoms with van der Waals surface area (Å²) in [6.07, 6.45) is 2.28. The molecular formula is C19H29N3O3S. The van der Waals surface area contributed by atoms with Gasteiger partial charge in [0, 0.05) is 39.3 Å². The number of hydrogen-bond acceptors (Lipinski definition) is 4. The molecule has 7 heteroatoms. The molecule has 3 rings (SSSR count). The largest absolute Gasteiger partial charge is 0.341 e. The van der Waals surface area contributed by atoms with Gasteiger partial charge in [-0.25, -0.2) is 8.42 Å². The van der Waals surface area contributed by atoms with Gasteiger partial charge in [-0.15, -0.1) is 0 Å². The molecule has 6 nitrogen and oxygen atoms in total. The minimum absolute atomic E-state index is 0.0401. The first kappa shape index (κ1) is 19.3. The number of sulfonamides is 1. The van der Waals surface area contributed by atoms with Crippen molar-refractivity contribution in [2.45, 2.75) is 25.5 Å². The Balaban J connectivity index is 1.48. The summed E-state index contributed by atoms with van der Waals surface area (Å²) in [6.45, 7) is 6.44. The zero-order valence-electron chi connectivity index (χ0n) is 15.5. The van der Waals surface area contributed by atoms with Crippen LogP contribution in [0.15, 0.2) is 30.3 Å². The minimum Gasteiger partial charge on any atom is -0.341 e. The Bertz CT molecular complexity index is 700. The summed E-state index contributed by atoms with van der Waals surface area (Å²) in [5, 5.41) is 0. The molecule has 0 N–H and O–H groups in total. The lowest BCUT2D eigenvalue weighted by atomic mass is 10.0. The van der Waals surface area contributed by atoms with Crippen LogP contribution in [0.1, 0.15) is 25.3 Å². The van der Waals surface area contributed by atoms with Crippen LogP contribution in [-0.4, -0.2) is 74.2 Å². The zero-order valence-corrected chi connectivity index (χ0v) is 16.3. The van der Waals surface area contributed by atoms with Crippen molar-refractivity contribution in [3.8, 4) is 0 Å². The predicted octanol–water partition coefficient (Wildman–Crippen LogP) is 1.39. The number of amides is 1. The smallest absolute Gasteiger partial charge is 0.236 e. The van der Waals surface area contributed by atoms with Crippen LogP contribution in [0.25, 0.3) is 0 Å². The van der Waals surface area contributed by atoms with Crippen molar-refractivity contribution >= 4 is 15.9 Å². The highest BCUT2D eigenvalue weighted by Gasteiger charge is 2.29. The maximum Gasteiger partial charge on any atom is 0.236 e. The Labute approximate surface area is 156 Å². The number of rotatable bonds is 5. The summed E-state index contributed by atoms with van der Waals surface area (Å²) < 4.78 is 26.8. The third-order valence-corrected chi connectivity index (χ3v) is 7.14. The van der Waals surface area contributed by atoms with Crippen LogP contribution in [0.2, 0.25) is 0 Å². The zero-order chi connectivity index (χ0) is 18.6. The van der Waals surface area contributed by atoms with Gasteiger partial charge in [-0.1, -0.05) is 37.3 Å². The average molecular weight is 380 g/mol. The second kappa shape index (κ2) is 8.50. The van der Waals surface area contributed by atoms with Crippen molar-refractivity contribution in [2.24, 2.45) is 5.92 Å². The van der Waals surface area contributed by atoms with Crippen LogP contribution < -0.4 is 0 Å². The Morgan fingerprint density at radius 3 is 2.42 bits per heavy atom. The van der Waals surface area contributed by atoms with Crippen LogP contribution >= 0.6 is 0 Å². The normalized spacial score (nSPS) is 23.1. The fraction of sp³-hybridized carbons (Fsp3) is 0.632. The van der Waals surface area contributed by atoms with Crippen molar-refractivity contribution in [1.29, 1.82) is 0 Å². The van der Waals surface area contributed by atoms with Crippen LogP contribution in [-0.2, 0) is 20.6 Å². The highest BCUT2D eigenvalue weighted by Crippen LogP contribution is 2.17. The summed E-state index contributed by atoms with van der Waals surface area (Å²) in [5.74, 6) is 0.795. The summed E-state index contributed by atoms with van der Waals surface area (Å²) in [6, 6.07) is 9.28. The average Bonchev–Trinajstić information content (AvgIpc) is 2.62. The van der Waals surface area contributed by atoms with Gasteiger partial charge in [0.05, 0.1) is 12.3 Å². The fourth-order valence-corrected chi connectivity index (χ4v) is 5.27. The molecule has 1 atom stereocenters. The maximum absolute atomic E-state index is 12.6. The molecule has 2 saturated heterocycles. The number of nitrogens with zero attached hydrogens (tertiary/aromatic N) is 3. The molecule has 0 aliphatic carbocycles. The quantitative estimate of drug-likeness (QED) is 0.776. The lowest BCUT2D eigenvalue weighted by Gasteiger charge is -2.36. The molecule has 1 aromatic rings. The van der Waals surface area contributed by atoms with Gasteiger partial charge in [0.25, 0.3) is 0 Å². The summed E-state index contributed by atoms with van der Waals surface area (Å²) >= 11 is 0. The van der Waals surface area contributed by atoms with E-state index >= 15 is 0 Å². The Morgan fingerprint density at radius 1 is 1.08 bits per heavy atom. The Morgan fingerprint density at radius 2 is 1.77 bits per heavy atom. The molecule has 0 aromatic heterocycles. The van der Waals surface area contributed by atoms with E-state index in [0.29, 0.717) is 38.6 Å². The SMILES string of the molecule is C[C@@H]1CCCN(C(=O)CN2CCN(S(=O)(=O)Cc3ccccc3)CC2)C1. The van der Waals surface area contributed by atoms with Gasteiger partial charge in [0.15, 0.2) is 0 Å². The molecule has 0 unspecified atom stereocenters. The maximum atomic E-state index is 12.6. The minimum atomic E-state index is -3.30. The van der Waals surface area contributed by atoms with E-state index in [4.69, 9.17) is 0 Å². The standard InChI is InChI=1S/C19H29N3O3S/c1-17-6-5-9-21(14-17)19(23)15-20-10-12-22(13-11-20)26(24,25)16-18-7-3-2-4-8-18/h2-4,7-8,17H,5-6,9-16H2,1H3/t17-/m1/s1. The molecule has 0 spiro atoms. The predicted molar refractivity (Wildman–Crippen MR) is 102 cm³/mol. The third-order valence-electron chi connectivity index (χ3n) is 5.29.